The predicted octanol–water partition coefficient (Wildman–Crippen LogP) is 4.98. The molecule has 1 saturated heterocycles. The zero-order chi connectivity index (χ0) is 19.5. The maximum Gasteiger partial charge on any atom is 0.253 e. The lowest BCUT2D eigenvalue weighted by molar-refractivity contribution is -0.121. The van der Waals surface area contributed by atoms with E-state index in [9.17, 15) is 9.59 Å². The van der Waals surface area contributed by atoms with Gasteiger partial charge in [-0.2, -0.15) is 0 Å². The predicted molar refractivity (Wildman–Crippen MR) is 113 cm³/mol. The minimum absolute atomic E-state index is 0.00965. The fraction of sp³-hybridized carbons (Fsp3) is 0.217. The molecule has 1 aliphatic rings. The van der Waals surface area contributed by atoms with Gasteiger partial charge in [-0.05, 0) is 48.6 Å². The Morgan fingerprint density at radius 3 is 2.32 bits per heavy atom. The van der Waals surface area contributed by atoms with Gasteiger partial charge >= 0.3 is 0 Å². The van der Waals surface area contributed by atoms with Crippen molar-refractivity contribution in [3.8, 4) is 0 Å². The average Bonchev–Trinajstić information content (AvgIpc) is 2.74. The standard InChI is InChI=1S/C23H21ClN2O2/c24-19-10-8-18(9-11-19)23(28)26-14-12-17(13-15-26)22(27)25-21-7-3-5-16-4-1-2-6-20(16)21/h1-11,17H,12-15H2,(H,25,27). The van der Waals surface area contributed by atoms with Crippen molar-refractivity contribution in [1.82, 2.24) is 4.90 Å². The van der Waals surface area contributed by atoms with Crippen LogP contribution in [0.5, 0.6) is 0 Å². The minimum atomic E-state index is -0.0896. The molecule has 0 aromatic heterocycles. The van der Waals surface area contributed by atoms with Crippen molar-refractivity contribution in [3.05, 3.63) is 77.3 Å². The van der Waals surface area contributed by atoms with Gasteiger partial charge in [0.2, 0.25) is 5.91 Å². The number of carbonyl (C=O) groups is 2. The zero-order valence-corrected chi connectivity index (χ0v) is 16.2. The topological polar surface area (TPSA) is 49.4 Å². The summed E-state index contributed by atoms with van der Waals surface area (Å²) in [6.45, 7) is 1.16. The van der Waals surface area contributed by atoms with Gasteiger partial charge in [-0.25, -0.2) is 0 Å². The number of halogens is 1. The number of rotatable bonds is 3. The average molecular weight is 393 g/mol. The highest BCUT2D eigenvalue weighted by molar-refractivity contribution is 6.30. The number of piperidine rings is 1. The molecule has 4 rings (SSSR count). The first kappa shape index (κ1) is 18.5. The van der Waals surface area contributed by atoms with Crippen molar-refractivity contribution in [2.45, 2.75) is 12.8 Å². The number of hydrogen-bond donors (Lipinski definition) is 1. The Balaban J connectivity index is 1.38. The second-order valence-corrected chi connectivity index (χ2v) is 7.53. The van der Waals surface area contributed by atoms with E-state index in [2.05, 4.69) is 5.32 Å². The van der Waals surface area contributed by atoms with Crippen molar-refractivity contribution in [1.29, 1.82) is 0 Å². The third-order valence-electron chi connectivity index (χ3n) is 5.29. The molecule has 1 N–H and O–H groups in total. The van der Waals surface area contributed by atoms with E-state index in [0.717, 1.165) is 16.5 Å². The third kappa shape index (κ3) is 3.87. The summed E-state index contributed by atoms with van der Waals surface area (Å²) in [5.41, 5.74) is 1.46. The van der Waals surface area contributed by atoms with Gasteiger partial charge in [-0.15, -0.1) is 0 Å². The molecule has 0 atom stereocenters. The number of nitrogens with one attached hydrogen (secondary N) is 1. The Kier molecular flexibility index (Phi) is 5.31. The number of amides is 2. The van der Waals surface area contributed by atoms with Gasteiger partial charge in [0.25, 0.3) is 5.91 Å². The Morgan fingerprint density at radius 1 is 0.893 bits per heavy atom. The molecule has 5 heteroatoms. The van der Waals surface area contributed by atoms with Crippen LogP contribution in [0.3, 0.4) is 0 Å². The van der Waals surface area contributed by atoms with E-state index >= 15 is 0 Å². The van der Waals surface area contributed by atoms with E-state index in [0.29, 0.717) is 36.5 Å². The van der Waals surface area contributed by atoms with Crippen molar-refractivity contribution in [2.75, 3.05) is 18.4 Å². The Bertz CT molecular complexity index is 1000. The molecular weight excluding hydrogens is 372 g/mol. The van der Waals surface area contributed by atoms with Gasteiger partial charge in [0, 0.05) is 40.7 Å². The molecule has 28 heavy (non-hydrogen) atoms. The molecule has 0 saturated carbocycles. The molecule has 0 aliphatic carbocycles. The van der Waals surface area contributed by atoms with Crippen LogP contribution in [0, 0.1) is 5.92 Å². The summed E-state index contributed by atoms with van der Waals surface area (Å²) >= 11 is 5.89. The molecule has 1 fully saturated rings. The number of fused-ring (bicyclic) bond motifs is 1. The van der Waals surface area contributed by atoms with Crippen LogP contribution in [0.25, 0.3) is 10.8 Å². The highest BCUT2D eigenvalue weighted by Gasteiger charge is 2.28. The lowest BCUT2D eigenvalue weighted by Crippen LogP contribution is -2.41. The number of hydrogen-bond acceptors (Lipinski definition) is 2. The lowest BCUT2D eigenvalue weighted by Gasteiger charge is -2.31. The number of benzene rings is 3. The lowest BCUT2D eigenvalue weighted by atomic mass is 9.95. The number of likely N-dealkylation sites (tertiary alicyclic amines) is 1. The van der Waals surface area contributed by atoms with Crippen LogP contribution in [0.1, 0.15) is 23.2 Å². The van der Waals surface area contributed by atoms with Crippen molar-refractivity contribution in [2.24, 2.45) is 5.92 Å². The smallest absolute Gasteiger partial charge is 0.253 e. The van der Waals surface area contributed by atoms with Gasteiger partial charge in [0.15, 0.2) is 0 Å². The van der Waals surface area contributed by atoms with Gasteiger partial charge in [0.05, 0.1) is 0 Å². The van der Waals surface area contributed by atoms with E-state index in [1.807, 2.05) is 47.4 Å². The minimum Gasteiger partial charge on any atom is -0.339 e. The maximum absolute atomic E-state index is 12.8. The van der Waals surface area contributed by atoms with Crippen LogP contribution in [0.4, 0.5) is 5.69 Å². The molecule has 4 nitrogen and oxygen atoms in total. The molecule has 0 bridgehead atoms. The summed E-state index contributed by atoms with van der Waals surface area (Å²) in [6, 6.07) is 20.8. The second kappa shape index (κ2) is 8.03. The summed E-state index contributed by atoms with van der Waals surface area (Å²) in [5.74, 6) is -0.0761. The number of carbonyl (C=O) groups excluding carboxylic acids is 2. The van der Waals surface area contributed by atoms with Crippen LogP contribution in [-0.4, -0.2) is 29.8 Å². The molecule has 1 heterocycles. The molecule has 2 amide bonds. The first-order chi connectivity index (χ1) is 13.6. The van der Waals surface area contributed by atoms with E-state index < -0.39 is 0 Å². The molecule has 0 spiro atoms. The molecule has 3 aromatic carbocycles. The Labute approximate surface area is 169 Å². The molecule has 0 radical (unpaired) electrons. The monoisotopic (exact) mass is 392 g/mol. The molecular formula is C23H21ClN2O2. The van der Waals surface area contributed by atoms with Crippen LogP contribution in [0.2, 0.25) is 5.02 Å². The quantitative estimate of drug-likeness (QED) is 0.683. The van der Waals surface area contributed by atoms with Gasteiger partial charge in [-0.1, -0.05) is 48.0 Å². The van der Waals surface area contributed by atoms with Crippen LogP contribution in [0.15, 0.2) is 66.7 Å². The SMILES string of the molecule is O=C(Nc1cccc2ccccc12)C1CCN(C(=O)c2ccc(Cl)cc2)CC1. The third-order valence-corrected chi connectivity index (χ3v) is 5.54. The normalized spacial score (nSPS) is 14.8. The highest BCUT2D eigenvalue weighted by Crippen LogP contribution is 2.26. The van der Waals surface area contributed by atoms with Crippen molar-refractivity contribution in [3.63, 3.8) is 0 Å². The number of nitrogens with zero attached hydrogens (tertiary/aromatic N) is 1. The summed E-state index contributed by atoms with van der Waals surface area (Å²) < 4.78 is 0. The van der Waals surface area contributed by atoms with E-state index in [1.54, 1.807) is 24.3 Å². The van der Waals surface area contributed by atoms with Crippen LogP contribution in [-0.2, 0) is 4.79 Å². The van der Waals surface area contributed by atoms with Crippen molar-refractivity contribution < 1.29 is 9.59 Å². The first-order valence-corrected chi connectivity index (χ1v) is 9.83. The first-order valence-electron chi connectivity index (χ1n) is 9.45. The van der Waals surface area contributed by atoms with Gasteiger partial charge < -0.3 is 10.2 Å². The van der Waals surface area contributed by atoms with E-state index in [1.165, 1.54) is 0 Å². The summed E-state index contributed by atoms with van der Waals surface area (Å²) in [5, 5.41) is 5.83. The Morgan fingerprint density at radius 2 is 1.57 bits per heavy atom. The largest absolute Gasteiger partial charge is 0.339 e. The molecule has 142 valence electrons. The molecule has 1 aliphatic heterocycles. The fourth-order valence-electron chi connectivity index (χ4n) is 3.69. The van der Waals surface area contributed by atoms with Crippen LogP contribution < -0.4 is 5.32 Å². The van der Waals surface area contributed by atoms with Crippen LogP contribution >= 0.6 is 11.6 Å². The van der Waals surface area contributed by atoms with Gasteiger partial charge in [0.1, 0.15) is 0 Å². The number of anilines is 1. The second-order valence-electron chi connectivity index (χ2n) is 7.09. The summed E-state index contributed by atoms with van der Waals surface area (Å²) in [4.78, 5) is 27.2. The summed E-state index contributed by atoms with van der Waals surface area (Å²) in [6.07, 6.45) is 1.33. The van der Waals surface area contributed by atoms with E-state index in [-0.39, 0.29) is 17.7 Å². The summed E-state index contributed by atoms with van der Waals surface area (Å²) in [7, 11) is 0. The fourth-order valence-corrected chi connectivity index (χ4v) is 3.81. The highest BCUT2D eigenvalue weighted by atomic mass is 35.5. The van der Waals surface area contributed by atoms with Crippen molar-refractivity contribution >= 4 is 39.9 Å². The van der Waals surface area contributed by atoms with Gasteiger partial charge in [-0.3, -0.25) is 9.59 Å². The molecule has 0 unspecified atom stereocenters. The van der Waals surface area contributed by atoms with E-state index in [4.69, 9.17) is 11.6 Å². The zero-order valence-electron chi connectivity index (χ0n) is 15.4. The molecule has 3 aromatic rings. The Hall–Kier alpha value is -2.85. The maximum atomic E-state index is 12.8.